The van der Waals surface area contributed by atoms with Crippen LogP contribution in [-0.2, 0) is 16.6 Å². The molecule has 6 heteroatoms. The lowest BCUT2D eigenvalue weighted by Crippen LogP contribution is -2.35. The third kappa shape index (κ3) is 4.84. The molecular weight excluding hydrogens is 292 g/mol. The molecule has 0 atom stereocenters. The second-order valence-corrected chi connectivity index (χ2v) is 8.15. The van der Waals surface area contributed by atoms with Crippen molar-refractivity contribution >= 4 is 21.4 Å². The molecular formula is C14H24N2O2S2. The molecule has 0 radical (unpaired) electrons. The summed E-state index contributed by atoms with van der Waals surface area (Å²) in [4.78, 5) is 0. The van der Waals surface area contributed by atoms with Crippen LogP contribution in [0.2, 0.25) is 0 Å². The van der Waals surface area contributed by atoms with Crippen LogP contribution in [0.15, 0.2) is 16.8 Å². The van der Waals surface area contributed by atoms with E-state index in [9.17, 15) is 8.42 Å². The van der Waals surface area contributed by atoms with Crippen LogP contribution < -0.4 is 5.32 Å². The highest BCUT2D eigenvalue weighted by atomic mass is 32.2. The Bertz CT molecular complexity index is 481. The minimum Gasteiger partial charge on any atom is -0.317 e. The fraction of sp³-hybridized carbons (Fsp3) is 0.714. The highest BCUT2D eigenvalue weighted by Crippen LogP contribution is 2.31. The number of sulfonamides is 1. The Kier molecular flexibility index (Phi) is 6.01. The molecule has 1 N–H and O–H groups in total. The normalized spacial score (nSPS) is 15.9. The summed E-state index contributed by atoms with van der Waals surface area (Å²) in [7, 11) is -3.12. The molecule has 1 aromatic rings. The number of nitrogens with zero attached hydrogens (tertiary/aromatic N) is 1. The number of thiophene rings is 1. The van der Waals surface area contributed by atoms with E-state index in [0.29, 0.717) is 13.0 Å². The van der Waals surface area contributed by atoms with Gasteiger partial charge >= 0.3 is 0 Å². The number of hydrogen-bond donors (Lipinski definition) is 1. The van der Waals surface area contributed by atoms with Crippen LogP contribution in [0.25, 0.3) is 0 Å². The van der Waals surface area contributed by atoms with Crippen molar-refractivity contribution in [2.24, 2.45) is 0 Å². The Balaban J connectivity index is 1.87. The summed E-state index contributed by atoms with van der Waals surface area (Å²) in [6.07, 6.45) is 3.79. The Morgan fingerprint density at radius 1 is 1.40 bits per heavy atom. The van der Waals surface area contributed by atoms with Crippen molar-refractivity contribution in [3.05, 3.63) is 22.4 Å². The van der Waals surface area contributed by atoms with Crippen LogP contribution in [0, 0.1) is 0 Å². The zero-order chi connectivity index (χ0) is 14.4. The van der Waals surface area contributed by atoms with Crippen molar-refractivity contribution in [1.29, 1.82) is 0 Å². The maximum atomic E-state index is 12.5. The van der Waals surface area contributed by atoms with E-state index in [2.05, 4.69) is 12.2 Å². The van der Waals surface area contributed by atoms with E-state index in [1.165, 1.54) is 0 Å². The van der Waals surface area contributed by atoms with Crippen LogP contribution in [0.4, 0.5) is 0 Å². The van der Waals surface area contributed by atoms with E-state index < -0.39 is 10.0 Å². The summed E-state index contributed by atoms with van der Waals surface area (Å²) in [6.45, 7) is 4.39. The van der Waals surface area contributed by atoms with Gasteiger partial charge in [0, 0.05) is 12.6 Å². The maximum Gasteiger partial charge on any atom is 0.214 e. The monoisotopic (exact) mass is 316 g/mol. The Morgan fingerprint density at radius 2 is 2.20 bits per heavy atom. The Morgan fingerprint density at radius 3 is 2.80 bits per heavy atom. The van der Waals surface area contributed by atoms with Crippen LogP contribution >= 0.6 is 11.3 Å². The predicted octanol–water partition coefficient (Wildman–Crippen LogP) is 2.43. The Labute approximate surface area is 126 Å². The van der Waals surface area contributed by atoms with Crippen LogP contribution in [-0.4, -0.2) is 37.6 Å². The number of nitrogens with one attached hydrogen (secondary N) is 1. The maximum absolute atomic E-state index is 12.5. The summed E-state index contributed by atoms with van der Waals surface area (Å²) < 4.78 is 26.7. The first-order chi connectivity index (χ1) is 9.63. The Hall–Kier alpha value is -0.430. The van der Waals surface area contributed by atoms with Crippen LogP contribution in [0.3, 0.4) is 0 Å². The van der Waals surface area contributed by atoms with E-state index in [1.807, 2.05) is 16.8 Å². The summed E-state index contributed by atoms with van der Waals surface area (Å²) in [5.74, 6) is 0.254. The molecule has 0 aliphatic heterocycles. The minimum atomic E-state index is -3.12. The molecule has 0 aromatic carbocycles. The molecule has 1 heterocycles. The molecule has 1 aliphatic carbocycles. The van der Waals surface area contributed by atoms with Gasteiger partial charge in [-0.3, -0.25) is 0 Å². The first kappa shape index (κ1) is 15.9. The first-order valence-corrected chi connectivity index (χ1v) is 9.90. The summed E-state index contributed by atoms with van der Waals surface area (Å²) in [6, 6.07) is 2.25. The molecule has 0 spiro atoms. The van der Waals surface area contributed by atoms with Gasteiger partial charge in [-0.1, -0.05) is 6.92 Å². The van der Waals surface area contributed by atoms with Gasteiger partial charge in [0.15, 0.2) is 0 Å². The van der Waals surface area contributed by atoms with Crippen molar-refractivity contribution in [2.75, 3.05) is 18.8 Å². The molecule has 20 heavy (non-hydrogen) atoms. The summed E-state index contributed by atoms with van der Waals surface area (Å²) in [5, 5.41) is 7.29. The van der Waals surface area contributed by atoms with Gasteiger partial charge in [0.1, 0.15) is 0 Å². The van der Waals surface area contributed by atoms with E-state index in [0.717, 1.165) is 37.9 Å². The average Bonchev–Trinajstić information content (AvgIpc) is 3.12. The molecule has 0 amide bonds. The van der Waals surface area contributed by atoms with Gasteiger partial charge in [0.05, 0.1) is 5.75 Å². The second-order valence-electron chi connectivity index (χ2n) is 5.33. The van der Waals surface area contributed by atoms with Crippen molar-refractivity contribution in [3.63, 3.8) is 0 Å². The lowest BCUT2D eigenvalue weighted by molar-refractivity contribution is 0.398. The van der Waals surface area contributed by atoms with E-state index >= 15 is 0 Å². The third-order valence-corrected chi connectivity index (χ3v) is 6.09. The van der Waals surface area contributed by atoms with E-state index in [-0.39, 0.29) is 11.8 Å². The topological polar surface area (TPSA) is 49.4 Å². The van der Waals surface area contributed by atoms with Crippen LogP contribution in [0.1, 0.15) is 38.2 Å². The number of rotatable bonds is 10. The van der Waals surface area contributed by atoms with Gasteiger partial charge in [-0.25, -0.2) is 8.42 Å². The average molecular weight is 316 g/mol. The molecule has 0 saturated heterocycles. The predicted molar refractivity (Wildman–Crippen MR) is 84.4 cm³/mol. The SMILES string of the molecule is CCCNCCCS(=O)(=O)N(Cc1ccsc1)C1CC1. The summed E-state index contributed by atoms with van der Waals surface area (Å²) in [5.41, 5.74) is 1.11. The quantitative estimate of drug-likeness (QED) is 0.675. The standard InChI is InChI=1S/C14H24N2O2S2/c1-2-7-15-8-3-10-20(17,18)16(14-4-5-14)11-13-6-9-19-12-13/h6,9,12,14-15H,2-5,7-8,10-11H2,1H3. The van der Waals surface area contributed by atoms with Gasteiger partial charge in [-0.2, -0.15) is 15.6 Å². The van der Waals surface area contributed by atoms with Gasteiger partial charge in [-0.05, 0) is 61.2 Å². The summed E-state index contributed by atoms with van der Waals surface area (Å²) >= 11 is 1.62. The van der Waals surface area contributed by atoms with Gasteiger partial charge < -0.3 is 5.32 Å². The molecule has 2 rings (SSSR count). The molecule has 1 fully saturated rings. The fourth-order valence-electron chi connectivity index (χ4n) is 2.18. The lowest BCUT2D eigenvalue weighted by atomic mass is 10.3. The highest BCUT2D eigenvalue weighted by Gasteiger charge is 2.36. The zero-order valence-electron chi connectivity index (χ0n) is 12.0. The fourth-order valence-corrected chi connectivity index (χ4v) is 4.59. The molecule has 1 aromatic heterocycles. The molecule has 0 bridgehead atoms. The van der Waals surface area contributed by atoms with E-state index in [4.69, 9.17) is 0 Å². The largest absolute Gasteiger partial charge is 0.317 e. The molecule has 0 unspecified atom stereocenters. The van der Waals surface area contributed by atoms with Crippen molar-refractivity contribution in [2.45, 2.75) is 45.2 Å². The van der Waals surface area contributed by atoms with Crippen molar-refractivity contribution < 1.29 is 8.42 Å². The molecule has 114 valence electrons. The molecule has 1 aliphatic rings. The highest BCUT2D eigenvalue weighted by molar-refractivity contribution is 7.89. The second kappa shape index (κ2) is 7.54. The molecule has 1 saturated carbocycles. The smallest absolute Gasteiger partial charge is 0.214 e. The minimum absolute atomic E-state index is 0.239. The lowest BCUT2D eigenvalue weighted by Gasteiger charge is -2.21. The van der Waals surface area contributed by atoms with Crippen molar-refractivity contribution in [1.82, 2.24) is 9.62 Å². The van der Waals surface area contributed by atoms with Gasteiger partial charge in [0.25, 0.3) is 0 Å². The molecule has 4 nitrogen and oxygen atoms in total. The zero-order valence-corrected chi connectivity index (χ0v) is 13.7. The third-order valence-electron chi connectivity index (χ3n) is 3.41. The van der Waals surface area contributed by atoms with E-state index in [1.54, 1.807) is 15.6 Å². The first-order valence-electron chi connectivity index (χ1n) is 7.35. The van der Waals surface area contributed by atoms with Gasteiger partial charge in [-0.15, -0.1) is 0 Å². The van der Waals surface area contributed by atoms with Crippen molar-refractivity contribution in [3.8, 4) is 0 Å². The van der Waals surface area contributed by atoms with Gasteiger partial charge in [0.2, 0.25) is 10.0 Å². The number of hydrogen-bond acceptors (Lipinski definition) is 4. The van der Waals surface area contributed by atoms with Crippen LogP contribution in [0.5, 0.6) is 0 Å².